The van der Waals surface area contributed by atoms with Crippen molar-refractivity contribution in [1.82, 2.24) is 5.32 Å². The van der Waals surface area contributed by atoms with Gasteiger partial charge >= 0.3 is 5.97 Å². The summed E-state index contributed by atoms with van der Waals surface area (Å²) >= 11 is 0. The number of carbonyl (C=O) groups excluding carboxylic acids is 2. The summed E-state index contributed by atoms with van der Waals surface area (Å²) in [5, 5.41) is 21.7. The molecule has 2 aromatic carbocycles. The van der Waals surface area contributed by atoms with Crippen molar-refractivity contribution in [1.29, 1.82) is 0 Å². The van der Waals surface area contributed by atoms with Crippen molar-refractivity contribution in [2.75, 3.05) is 6.61 Å². The number of esters is 1. The van der Waals surface area contributed by atoms with E-state index in [4.69, 9.17) is 4.74 Å². The predicted molar refractivity (Wildman–Crippen MR) is 99.7 cm³/mol. The maximum Gasteiger partial charge on any atom is 0.342 e. The fourth-order valence-electron chi connectivity index (χ4n) is 3.29. The largest absolute Gasteiger partial charge is 0.508 e. The Morgan fingerprint density at radius 2 is 1.81 bits per heavy atom. The van der Waals surface area contributed by atoms with Gasteiger partial charge in [-0.25, -0.2) is 4.79 Å². The summed E-state index contributed by atoms with van der Waals surface area (Å²) in [5.74, 6) is -1.82. The average molecular weight is 369 g/mol. The van der Waals surface area contributed by atoms with Crippen LogP contribution in [0.3, 0.4) is 0 Å². The van der Waals surface area contributed by atoms with Crippen LogP contribution in [0.25, 0.3) is 0 Å². The van der Waals surface area contributed by atoms with Crippen LogP contribution in [0.2, 0.25) is 0 Å². The molecule has 0 fully saturated rings. The number of rotatable bonds is 5. The van der Waals surface area contributed by atoms with E-state index < -0.39 is 24.2 Å². The first kappa shape index (κ1) is 18.8. The Bertz CT molecular complexity index is 862. The van der Waals surface area contributed by atoms with E-state index in [9.17, 15) is 19.8 Å². The Morgan fingerprint density at radius 1 is 1.07 bits per heavy atom. The Labute approximate surface area is 157 Å². The second-order valence-electron chi connectivity index (χ2n) is 6.80. The molecule has 0 aliphatic heterocycles. The molecule has 3 rings (SSSR count). The van der Waals surface area contributed by atoms with Crippen LogP contribution in [-0.2, 0) is 22.4 Å². The molecular weight excluding hydrogens is 346 g/mol. The number of benzene rings is 2. The lowest BCUT2D eigenvalue weighted by molar-refractivity contribution is -0.124. The van der Waals surface area contributed by atoms with Crippen molar-refractivity contribution in [3.8, 4) is 11.5 Å². The van der Waals surface area contributed by atoms with Crippen LogP contribution in [0.5, 0.6) is 11.5 Å². The molecule has 142 valence electrons. The summed E-state index contributed by atoms with van der Waals surface area (Å²) in [6.45, 7) is 1.44. The van der Waals surface area contributed by atoms with E-state index in [1.807, 2.05) is 13.0 Å². The molecule has 0 bridgehead atoms. The summed E-state index contributed by atoms with van der Waals surface area (Å²) < 4.78 is 4.95. The summed E-state index contributed by atoms with van der Waals surface area (Å²) in [4.78, 5) is 24.1. The topological polar surface area (TPSA) is 95.9 Å². The quantitative estimate of drug-likeness (QED) is 0.704. The van der Waals surface area contributed by atoms with Crippen molar-refractivity contribution in [2.24, 2.45) is 0 Å². The van der Waals surface area contributed by atoms with Gasteiger partial charge in [0.2, 0.25) is 0 Å². The van der Waals surface area contributed by atoms with Crippen LogP contribution in [-0.4, -0.2) is 28.7 Å². The third-order valence-corrected chi connectivity index (χ3v) is 4.79. The highest BCUT2D eigenvalue weighted by molar-refractivity contribution is 5.94. The van der Waals surface area contributed by atoms with Gasteiger partial charge < -0.3 is 20.3 Å². The van der Waals surface area contributed by atoms with Gasteiger partial charge in [0.05, 0.1) is 6.04 Å². The molecule has 0 saturated carbocycles. The van der Waals surface area contributed by atoms with Crippen LogP contribution >= 0.6 is 0 Å². The van der Waals surface area contributed by atoms with E-state index in [-0.39, 0.29) is 17.4 Å². The number of aromatic hydroxyl groups is 2. The molecule has 2 aromatic rings. The molecule has 1 atom stereocenters. The standard InChI is InChI=1S/C21H23NO5/c1-13(15-7-6-14-4-2-3-5-16(14)10-15)22-20(25)12-27-21(26)18-9-8-17(23)11-19(18)24/h6-11,13,23-24H,2-5,12H2,1H3,(H,22,25)/t13-/m0/s1. The highest BCUT2D eigenvalue weighted by Crippen LogP contribution is 2.25. The van der Waals surface area contributed by atoms with Gasteiger partial charge in [-0.15, -0.1) is 0 Å². The minimum absolute atomic E-state index is 0.108. The molecule has 0 saturated heterocycles. The minimum Gasteiger partial charge on any atom is -0.508 e. The summed E-state index contributed by atoms with van der Waals surface area (Å²) in [6.07, 6.45) is 4.59. The molecule has 6 nitrogen and oxygen atoms in total. The van der Waals surface area contributed by atoms with Crippen LogP contribution in [0, 0.1) is 0 Å². The number of nitrogens with one attached hydrogen (secondary N) is 1. The van der Waals surface area contributed by atoms with E-state index in [2.05, 4.69) is 17.4 Å². The number of hydrogen-bond donors (Lipinski definition) is 3. The van der Waals surface area contributed by atoms with Crippen molar-refractivity contribution in [2.45, 2.75) is 38.6 Å². The fraction of sp³-hybridized carbons (Fsp3) is 0.333. The Hall–Kier alpha value is -3.02. The zero-order chi connectivity index (χ0) is 19.4. The second kappa shape index (κ2) is 8.12. The predicted octanol–water partition coefficient (Wildman–Crippen LogP) is 3.01. The zero-order valence-electron chi connectivity index (χ0n) is 15.2. The zero-order valence-corrected chi connectivity index (χ0v) is 15.2. The molecule has 0 spiro atoms. The van der Waals surface area contributed by atoms with Gasteiger partial charge in [-0.05, 0) is 61.4 Å². The smallest absolute Gasteiger partial charge is 0.342 e. The van der Waals surface area contributed by atoms with Gasteiger partial charge in [-0.1, -0.05) is 18.2 Å². The normalized spacial score (nSPS) is 14.1. The lowest BCUT2D eigenvalue weighted by Gasteiger charge is -2.20. The van der Waals surface area contributed by atoms with Crippen LogP contribution in [0.4, 0.5) is 0 Å². The molecule has 3 N–H and O–H groups in total. The van der Waals surface area contributed by atoms with Crippen LogP contribution < -0.4 is 5.32 Å². The number of hydrogen-bond acceptors (Lipinski definition) is 5. The molecule has 0 aromatic heterocycles. The average Bonchev–Trinajstić information content (AvgIpc) is 2.65. The minimum atomic E-state index is -0.830. The van der Waals surface area contributed by atoms with Gasteiger partial charge in [0.25, 0.3) is 5.91 Å². The molecule has 0 radical (unpaired) electrons. The Balaban J connectivity index is 1.55. The number of fused-ring (bicyclic) bond motifs is 1. The Morgan fingerprint density at radius 3 is 2.56 bits per heavy atom. The van der Waals surface area contributed by atoms with Gasteiger partial charge in [0.15, 0.2) is 6.61 Å². The fourth-order valence-corrected chi connectivity index (χ4v) is 3.29. The molecule has 1 amide bonds. The Kier molecular flexibility index (Phi) is 5.64. The first-order valence-electron chi connectivity index (χ1n) is 9.04. The summed E-state index contributed by atoms with van der Waals surface area (Å²) in [6, 6.07) is 9.62. The number of ether oxygens (including phenoxy) is 1. The second-order valence-corrected chi connectivity index (χ2v) is 6.80. The highest BCUT2D eigenvalue weighted by Gasteiger charge is 2.17. The lowest BCUT2D eigenvalue weighted by Crippen LogP contribution is -2.31. The van der Waals surface area contributed by atoms with Gasteiger partial charge in [-0.2, -0.15) is 0 Å². The number of aryl methyl sites for hydroxylation is 2. The summed E-state index contributed by atoms with van der Waals surface area (Å²) in [7, 11) is 0. The maximum absolute atomic E-state index is 12.1. The molecule has 27 heavy (non-hydrogen) atoms. The van der Waals surface area contributed by atoms with Crippen LogP contribution in [0.15, 0.2) is 36.4 Å². The SMILES string of the molecule is C[C@H](NC(=O)COC(=O)c1ccc(O)cc1O)c1ccc2c(c1)CCCC2. The molecule has 1 aliphatic carbocycles. The van der Waals surface area contributed by atoms with Gasteiger partial charge in [0, 0.05) is 6.07 Å². The van der Waals surface area contributed by atoms with Crippen molar-refractivity contribution < 1.29 is 24.5 Å². The highest BCUT2D eigenvalue weighted by atomic mass is 16.5. The van der Waals surface area contributed by atoms with Gasteiger partial charge in [0.1, 0.15) is 17.1 Å². The van der Waals surface area contributed by atoms with Crippen molar-refractivity contribution in [3.63, 3.8) is 0 Å². The monoisotopic (exact) mass is 369 g/mol. The van der Waals surface area contributed by atoms with E-state index in [0.29, 0.717) is 0 Å². The number of amides is 1. The maximum atomic E-state index is 12.1. The molecule has 0 unspecified atom stereocenters. The van der Waals surface area contributed by atoms with E-state index in [1.165, 1.54) is 36.1 Å². The molecule has 1 aliphatic rings. The van der Waals surface area contributed by atoms with E-state index in [0.717, 1.165) is 24.5 Å². The molecule has 0 heterocycles. The van der Waals surface area contributed by atoms with Crippen molar-refractivity contribution in [3.05, 3.63) is 58.7 Å². The van der Waals surface area contributed by atoms with E-state index in [1.54, 1.807) is 0 Å². The number of phenolic OH excluding ortho intramolecular Hbond substituents is 2. The van der Waals surface area contributed by atoms with Crippen molar-refractivity contribution >= 4 is 11.9 Å². The number of phenols is 2. The number of carbonyl (C=O) groups is 2. The van der Waals surface area contributed by atoms with Crippen LogP contribution in [0.1, 0.15) is 52.9 Å². The summed E-state index contributed by atoms with van der Waals surface area (Å²) in [5.41, 5.74) is 3.63. The van der Waals surface area contributed by atoms with E-state index >= 15 is 0 Å². The molecule has 6 heteroatoms. The third kappa shape index (κ3) is 4.58. The lowest BCUT2D eigenvalue weighted by atomic mass is 9.89. The third-order valence-electron chi connectivity index (χ3n) is 4.79. The van der Waals surface area contributed by atoms with Gasteiger partial charge in [-0.3, -0.25) is 4.79 Å². The molecular formula is C21H23NO5. The first-order chi connectivity index (χ1) is 12.9. The first-order valence-corrected chi connectivity index (χ1v) is 9.04.